The lowest BCUT2D eigenvalue weighted by molar-refractivity contribution is 1.11. The summed E-state index contributed by atoms with van der Waals surface area (Å²) in [5, 5.41) is 7.40. The third-order valence-corrected chi connectivity index (χ3v) is 14.3. The molecule has 0 saturated carbocycles. The predicted octanol–water partition coefficient (Wildman–Crippen LogP) is 17.8. The van der Waals surface area contributed by atoms with E-state index in [4.69, 9.17) is 4.98 Å². The van der Waals surface area contributed by atoms with Crippen LogP contribution < -0.4 is 4.90 Å². The highest BCUT2D eigenvalue weighted by molar-refractivity contribution is 6.11. The van der Waals surface area contributed by atoms with E-state index in [0.29, 0.717) is 0 Å². The Balaban J connectivity index is 0.919. The molecule has 0 N–H and O–H groups in total. The first-order valence-electron chi connectivity index (χ1n) is 24.1. The molecule has 0 atom stereocenters. The van der Waals surface area contributed by atoms with Gasteiger partial charge in [-0.15, -0.1) is 0 Å². The first kappa shape index (κ1) is 41.2. The van der Waals surface area contributed by atoms with Crippen molar-refractivity contribution in [3.8, 4) is 44.8 Å². The van der Waals surface area contributed by atoms with Gasteiger partial charge >= 0.3 is 0 Å². The number of hydrogen-bond acceptors (Lipinski definition) is 2. The number of hydrogen-bond donors (Lipinski definition) is 0. The van der Waals surface area contributed by atoms with Crippen LogP contribution in [-0.2, 0) is 0 Å². The monoisotopic (exact) mass is 896 g/mol. The van der Waals surface area contributed by atoms with Crippen LogP contribution in [0, 0.1) is 20.8 Å². The average molecular weight is 897 g/mol. The quantitative estimate of drug-likeness (QED) is 0.152. The Morgan fingerprint density at radius 2 is 0.729 bits per heavy atom. The summed E-state index contributed by atoms with van der Waals surface area (Å²) in [6.07, 6.45) is 0. The molecule has 0 amide bonds. The zero-order valence-corrected chi connectivity index (χ0v) is 39.3. The van der Waals surface area contributed by atoms with E-state index < -0.39 is 0 Å². The van der Waals surface area contributed by atoms with Crippen molar-refractivity contribution >= 4 is 71.4 Å². The molecule has 3 heterocycles. The Kier molecular flexibility index (Phi) is 9.81. The molecule has 70 heavy (non-hydrogen) atoms. The number of fused-ring (bicyclic) bond motifs is 7. The fraction of sp³-hybridized carbons (Fsp3) is 0.0455. The van der Waals surface area contributed by atoms with Crippen molar-refractivity contribution in [3.05, 3.63) is 254 Å². The van der Waals surface area contributed by atoms with Crippen LogP contribution in [-0.4, -0.2) is 14.1 Å². The molecule has 4 nitrogen and oxygen atoms in total. The van der Waals surface area contributed by atoms with Crippen molar-refractivity contribution in [2.24, 2.45) is 0 Å². The van der Waals surface area contributed by atoms with Crippen LogP contribution >= 0.6 is 0 Å². The van der Waals surface area contributed by atoms with Crippen LogP contribution in [0.1, 0.15) is 17.0 Å². The minimum atomic E-state index is 1.02. The molecule has 0 aliphatic carbocycles. The summed E-state index contributed by atoms with van der Waals surface area (Å²) >= 11 is 0. The Bertz CT molecular complexity index is 3900. The average Bonchev–Trinajstić information content (AvgIpc) is 3.93. The molecule has 0 unspecified atom stereocenters. The summed E-state index contributed by atoms with van der Waals surface area (Å²) in [6, 6.07) is 86.1. The Morgan fingerprint density at radius 3 is 1.24 bits per heavy atom. The summed E-state index contributed by atoms with van der Waals surface area (Å²) in [4.78, 5) is 7.58. The summed E-state index contributed by atoms with van der Waals surface area (Å²) in [5.74, 6) is 0. The maximum absolute atomic E-state index is 5.22. The van der Waals surface area contributed by atoms with Gasteiger partial charge in [-0.25, -0.2) is 0 Å². The van der Waals surface area contributed by atoms with E-state index >= 15 is 0 Å². The van der Waals surface area contributed by atoms with Gasteiger partial charge in [-0.1, -0.05) is 164 Å². The minimum Gasteiger partial charge on any atom is -0.310 e. The molecular weight excluding hydrogens is 849 g/mol. The van der Waals surface area contributed by atoms with E-state index in [9.17, 15) is 0 Å². The summed E-state index contributed by atoms with van der Waals surface area (Å²) < 4.78 is 4.86. The van der Waals surface area contributed by atoms with Gasteiger partial charge in [0.25, 0.3) is 0 Å². The van der Waals surface area contributed by atoms with E-state index in [1.165, 1.54) is 71.1 Å². The van der Waals surface area contributed by atoms with Gasteiger partial charge in [0.15, 0.2) is 0 Å². The molecule has 0 spiro atoms. The molecule has 332 valence electrons. The van der Waals surface area contributed by atoms with Gasteiger partial charge in [0.1, 0.15) is 0 Å². The van der Waals surface area contributed by atoms with Gasteiger partial charge in [-0.05, 0) is 127 Å². The van der Waals surface area contributed by atoms with Crippen LogP contribution in [0.2, 0.25) is 0 Å². The maximum atomic E-state index is 5.22. The first-order valence-corrected chi connectivity index (χ1v) is 24.1. The lowest BCUT2D eigenvalue weighted by atomic mass is 9.90. The smallest absolute Gasteiger partial charge is 0.0541 e. The summed E-state index contributed by atoms with van der Waals surface area (Å²) in [5.41, 5.74) is 20.5. The maximum Gasteiger partial charge on any atom is 0.0541 e. The molecule has 4 heteroatoms. The molecule has 10 aromatic carbocycles. The highest BCUT2D eigenvalue weighted by Gasteiger charge is 2.21. The molecular formula is C66H48N4. The third-order valence-electron chi connectivity index (χ3n) is 14.3. The lowest BCUT2D eigenvalue weighted by Crippen LogP contribution is -2.10. The molecule has 0 aliphatic heterocycles. The van der Waals surface area contributed by atoms with Gasteiger partial charge < -0.3 is 14.0 Å². The van der Waals surface area contributed by atoms with Crippen molar-refractivity contribution in [1.29, 1.82) is 0 Å². The van der Waals surface area contributed by atoms with Crippen LogP contribution in [0.15, 0.2) is 237 Å². The molecule has 13 aromatic rings. The predicted molar refractivity (Wildman–Crippen MR) is 296 cm³/mol. The van der Waals surface area contributed by atoms with Gasteiger partial charge in [0.05, 0.1) is 27.8 Å². The van der Waals surface area contributed by atoms with Gasteiger partial charge in [-0.2, -0.15) is 0 Å². The molecule has 0 aliphatic rings. The number of rotatable bonds is 8. The number of pyridine rings is 1. The molecule has 3 aromatic heterocycles. The zero-order valence-electron chi connectivity index (χ0n) is 39.3. The van der Waals surface area contributed by atoms with Crippen LogP contribution in [0.3, 0.4) is 0 Å². The van der Waals surface area contributed by atoms with E-state index in [1.807, 2.05) is 0 Å². The van der Waals surface area contributed by atoms with Crippen molar-refractivity contribution in [2.45, 2.75) is 20.8 Å². The standard InChI is InChI=1S/C66H48N4/c1-43-65(44(2)67-45(3)66(43)49-36-38-52(39-37-49)68(51-20-5-4-6-21-51)60-31-17-19-47-18-7-8-22-55(47)60)48-34-32-46(33-35-48)50-40-53(69-61-27-13-9-23-56(61)57-24-10-14-28-62(57)69)42-54(41-50)70-63-29-15-11-25-58(63)59-26-12-16-30-64(59)70/h4-42H,1-3H3. The number of anilines is 3. The van der Waals surface area contributed by atoms with E-state index in [1.54, 1.807) is 0 Å². The zero-order chi connectivity index (χ0) is 46.9. The van der Waals surface area contributed by atoms with Crippen LogP contribution in [0.5, 0.6) is 0 Å². The summed E-state index contributed by atoms with van der Waals surface area (Å²) in [7, 11) is 0. The van der Waals surface area contributed by atoms with E-state index in [-0.39, 0.29) is 0 Å². The van der Waals surface area contributed by atoms with Crippen LogP contribution in [0.4, 0.5) is 17.1 Å². The third kappa shape index (κ3) is 6.71. The minimum absolute atomic E-state index is 1.02. The second-order valence-corrected chi connectivity index (χ2v) is 18.4. The van der Waals surface area contributed by atoms with Gasteiger partial charge in [0, 0.05) is 72.2 Å². The van der Waals surface area contributed by atoms with Gasteiger partial charge in [-0.3, -0.25) is 4.98 Å². The number of aromatic nitrogens is 3. The SMILES string of the molecule is Cc1nc(C)c(-c2ccc(N(c3ccccc3)c3cccc4ccccc34)cc2)c(C)c1-c1ccc(-c2cc(-n3c4ccccc4c4ccccc43)cc(-n3c4ccccc4c4ccccc43)c2)cc1. The van der Waals surface area contributed by atoms with Crippen molar-refractivity contribution in [2.75, 3.05) is 4.90 Å². The number of aryl methyl sites for hydroxylation is 2. The number of para-hydroxylation sites is 5. The fourth-order valence-electron chi connectivity index (χ4n) is 11.3. The van der Waals surface area contributed by atoms with Crippen LogP contribution in [0.25, 0.3) is 99.1 Å². The molecule has 0 saturated heterocycles. The second-order valence-electron chi connectivity index (χ2n) is 18.4. The highest BCUT2D eigenvalue weighted by atomic mass is 15.1. The topological polar surface area (TPSA) is 26.0 Å². The number of benzene rings is 10. The Morgan fingerprint density at radius 1 is 0.329 bits per heavy atom. The van der Waals surface area contributed by atoms with Gasteiger partial charge in [0.2, 0.25) is 0 Å². The highest BCUT2D eigenvalue weighted by Crippen LogP contribution is 2.43. The largest absolute Gasteiger partial charge is 0.310 e. The van der Waals surface area contributed by atoms with E-state index in [0.717, 1.165) is 62.1 Å². The first-order chi connectivity index (χ1) is 34.5. The second kappa shape index (κ2) is 16.7. The summed E-state index contributed by atoms with van der Waals surface area (Å²) in [6.45, 7) is 6.54. The molecule has 13 rings (SSSR count). The fourth-order valence-corrected chi connectivity index (χ4v) is 11.3. The van der Waals surface area contributed by atoms with Crippen molar-refractivity contribution < 1.29 is 0 Å². The van der Waals surface area contributed by atoms with E-state index in [2.05, 4.69) is 271 Å². The molecule has 0 bridgehead atoms. The Labute approximate surface area is 407 Å². The van der Waals surface area contributed by atoms with Crippen molar-refractivity contribution in [1.82, 2.24) is 14.1 Å². The lowest BCUT2D eigenvalue weighted by Gasteiger charge is -2.27. The Hall–Kier alpha value is -8.99. The molecule has 0 fully saturated rings. The normalized spacial score (nSPS) is 11.6. The number of nitrogens with zero attached hydrogens (tertiary/aromatic N) is 4. The van der Waals surface area contributed by atoms with Crippen molar-refractivity contribution in [3.63, 3.8) is 0 Å². The molecule has 0 radical (unpaired) electrons.